The van der Waals surface area contributed by atoms with Crippen LogP contribution < -0.4 is 0 Å². The fourth-order valence-corrected chi connectivity index (χ4v) is 3.46. The first-order valence-electron chi connectivity index (χ1n) is 5.96. The van der Waals surface area contributed by atoms with Gasteiger partial charge in [-0.3, -0.25) is 4.79 Å². The molecule has 0 spiro atoms. The summed E-state index contributed by atoms with van der Waals surface area (Å²) in [6, 6.07) is 10.3. The lowest BCUT2D eigenvalue weighted by Gasteiger charge is -2.14. The number of carboxylic acid groups (broad SMARTS) is 1. The van der Waals surface area contributed by atoms with E-state index in [0.717, 1.165) is 21.2 Å². The quantitative estimate of drug-likeness (QED) is 0.844. The Morgan fingerprint density at radius 3 is 2.47 bits per heavy atom. The van der Waals surface area contributed by atoms with Crippen LogP contribution in [0.4, 0.5) is 0 Å². The van der Waals surface area contributed by atoms with Gasteiger partial charge in [0.2, 0.25) is 0 Å². The summed E-state index contributed by atoms with van der Waals surface area (Å²) in [4.78, 5) is 13.5. The Labute approximate surface area is 121 Å². The summed E-state index contributed by atoms with van der Waals surface area (Å²) < 4.78 is 0. The monoisotopic (exact) mass is 292 g/mol. The SMILES string of the molecule is CSc1ccc2c(SC)c(C(C)C(=O)O)ccc2c1. The molecule has 0 aromatic heterocycles. The molecular formula is C15H16O2S2. The summed E-state index contributed by atoms with van der Waals surface area (Å²) in [5.41, 5.74) is 0.893. The van der Waals surface area contributed by atoms with Crippen molar-refractivity contribution in [2.75, 3.05) is 12.5 Å². The Balaban J connectivity index is 2.66. The Morgan fingerprint density at radius 2 is 1.89 bits per heavy atom. The minimum atomic E-state index is -0.782. The molecule has 1 unspecified atom stereocenters. The van der Waals surface area contributed by atoms with Gasteiger partial charge in [0.1, 0.15) is 0 Å². The smallest absolute Gasteiger partial charge is 0.310 e. The van der Waals surface area contributed by atoms with Crippen LogP contribution in [0.25, 0.3) is 10.8 Å². The maximum atomic E-state index is 11.2. The van der Waals surface area contributed by atoms with Crippen molar-refractivity contribution >= 4 is 40.3 Å². The number of carboxylic acids is 1. The second-order valence-electron chi connectivity index (χ2n) is 4.34. The second kappa shape index (κ2) is 5.88. The third-order valence-corrected chi connectivity index (χ3v) is 4.84. The largest absolute Gasteiger partial charge is 0.481 e. The van der Waals surface area contributed by atoms with Crippen LogP contribution in [0.3, 0.4) is 0 Å². The first-order chi connectivity index (χ1) is 9.08. The summed E-state index contributed by atoms with van der Waals surface area (Å²) in [6.07, 6.45) is 4.05. The first kappa shape index (κ1) is 14.3. The van der Waals surface area contributed by atoms with Gasteiger partial charge in [0.15, 0.2) is 0 Å². The lowest BCUT2D eigenvalue weighted by atomic mass is 9.97. The van der Waals surface area contributed by atoms with Crippen LogP contribution in [0.5, 0.6) is 0 Å². The van der Waals surface area contributed by atoms with Crippen molar-refractivity contribution in [2.45, 2.75) is 22.6 Å². The van der Waals surface area contributed by atoms with Crippen molar-refractivity contribution in [3.8, 4) is 0 Å². The van der Waals surface area contributed by atoms with Gasteiger partial charge in [0.05, 0.1) is 5.92 Å². The summed E-state index contributed by atoms with van der Waals surface area (Å²) in [7, 11) is 0. The van der Waals surface area contributed by atoms with E-state index in [4.69, 9.17) is 0 Å². The van der Waals surface area contributed by atoms with Gasteiger partial charge in [-0.2, -0.15) is 0 Å². The van der Waals surface area contributed by atoms with Crippen LogP contribution in [0, 0.1) is 0 Å². The molecule has 0 aliphatic rings. The molecule has 100 valence electrons. The van der Waals surface area contributed by atoms with E-state index in [2.05, 4.69) is 24.5 Å². The van der Waals surface area contributed by atoms with E-state index in [0.29, 0.717) is 0 Å². The highest BCUT2D eigenvalue weighted by Crippen LogP contribution is 2.35. The molecule has 2 rings (SSSR count). The van der Waals surface area contributed by atoms with E-state index in [1.807, 2.05) is 18.4 Å². The number of hydrogen-bond donors (Lipinski definition) is 1. The van der Waals surface area contributed by atoms with Crippen LogP contribution in [0.2, 0.25) is 0 Å². The van der Waals surface area contributed by atoms with Crippen molar-refractivity contribution < 1.29 is 9.90 Å². The molecule has 2 aromatic carbocycles. The zero-order chi connectivity index (χ0) is 14.0. The van der Waals surface area contributed by atoms with Gasteiger partial charge >= 0.3 is 5.97 Å². The number of benzene rings is 2. The molecule has 0 amide bonds. The van der Waals surface area contributed by atoms with Gasteiger partial charge in [-0.15, -0.1) is 23.5 Å². The van der Waals surface area contributed by atoms with E-state index in [1.165, 1.54) is 4.90 Å². The predicted molar refractivity (Wildman–Crippen MR) is 83.6 cm³/mol. The molecule has 2 nitrogen and oxygen atoms in total. The fourth-order valence-electron chi connectivity index (χ4n) is 2.13. The lowest BCUT2D eigenvalue weighted by Crippen LogP contribution is -2.08. The molecule has 1 atom stereocenters. The maximum Gasteiger partial charge on any atom is 0.310 e. The van der Waals surface area contributed by atoms with Crippen molar-refractivity contribution in [3.05, 3.63) is 35.9 Å². The molecule has 0 saturated heterocycles. The average molecular weight is 292 g/mol. The standard InChI is InChI=1S/C15H16O2S2/c1-9(15(16)17)12-6-4-10-8-11(18-2)5-7-13(10)14(12)19-3/h4-9H,1-3H3,(H,16,17). The van der Waals surface area contributed by atoms with Crippen LogP contribution >= 0.6 is 23.5 Å². The number of rotatable bonds is 4. The molecule has 19 heavy (non-hydrogen) atoms. The number of carbonyl (C=O) groups is 1. The van der Waals surface area contributed by atoms with E-state index in [1.54, 1.807) is 30.4 Å². The number of aliphatic carboxylic acids is 1. The third-order valence-electron chi connectivity index (χ3n) is 3.25. The van der Waals surface area contributed by atoms with Crippen molar-refractivity contribution in [1.29, 1.82) is 0 Å². The van der Waals surface area contributed by atoms with E-state index >= 15 is 0 Å². The topological polar surface area (TPSA) is 37.3 Å². The molecule has 0 aliphatic heterocycles. The van der Waals surface area contributed by atoms with Crippen molar-refractivity contribution in [1.82, 2.24) is 0 Å². The zero-order valence-corrected chi connectivity index (χ0v) is 12.8. The number of hydrogen-bond acceptors (Lipinski definition) is 3. The van der Waals surface area contributed by atoms with Crippen molar-refractivity contribution in [2.24, 2.45) is 0 Å². The average Bonchev–Trinajstić information content (AvgIpc) is 2.44. The van der Waals surface area contributed by atoms with Crippen LogP contribution in [-0.4, -0.2) is 23.6 Å². The third kappa shape index (κ3) is 2.74. The highest BCUT2D eigenvalue weighted by molar-refractivity contribution is 7.99. The number of thioether (sulfide) groups is 2. The van der Waals surface area contributed by atoms with Crippen LogP contribution in [-0.2, 0) is 4.79 Å². The molecule has 0 radical (unpaired) electrons. The highest BCUT2D eigenvalue weighted by atomic mass is 32.2. The van der Waals surface area contributed by atoms with Gasteiger partial charge in [-0.1, -0.05) is 18.2 Å². The number of fused-ring (bicyclic) bond motifs is 1. The molecule has 0 aliphatic carbocycles. The summed E-state index contributed by atoms with van der Waals surface area (Å²) in [6.45, 7) is 1.74. The second-order valence-corrected chi connectivity index (χ2v) is 6.03. The first-order valence-corrected chi connectivity index (χ1v) is 8.41. The molecule has 0 heterocycles. The molecule has 4 heteroatoms. The van der Waals surface area contributed by atoms with Crippen LogP contribution in [0.15, 0.2) is 40.1 Å². The molecule has 0 bridgehead atoms. The summed E-state index contributed by atoms with van der Waals surface area (Å²) >= 11 is 3.33. The molecule has 2 aromatic rings. The fraction of sp³-hybridized carbons (Fsp3) is 0.267. The van der Waals surface area contributed by atoms with E-state index in [-0.39, 0.29) is 0 Å². The molecule has 0 saturated carbocycles. The predicted octanol–water partition coefficient (Wildman–Crippen LogP) is 4.47. The van der Waals surface area contributed by atoms with Crippen molar-refractivity contribution in [3.63, 3.8) is 0 Å². The minimum absolute atomic E-state index is 0.480. The van der Waals surface area contributed by atoms with E-state index < -0.39 is 11.9 Å². The Bertz CT molecular complexity index is 623. The zero-order valence-electron chi connectivity index (χ0n) is 11.1. The maximum absolute atomic E-state index is 11.2. The van der Waals surface area contributed by atoms with Gasteiger partial charge in [0.25, 0.3) is 0 Å². The normalized spacial score (nSPS) is 12.6. The van der Waals surface area contributed by atoms with Gasteiger partial charge < -0.3 is 5.11 Å². The van der Waals surface area contributed by atoms with Gasteiger partial charge in [-0.05, 0) is 47.9 Å². The van der Waals surface area contributed by atoms with Crippen LogP contribution in [0.1, 0.15) is 18.4 Å². The highest BCUT2D eigenvalue weighted by Gasteiger charge is 2.18. The Kier molecular flexibility index (Phi) is 4.42. The molecule has 0 fully saturated rings. The summed E-state index contributed by atoms with van der Waals surface area (Å²) in [5, 5.41) is 11.5. The lowest BCUT2D eigenvalue weighted by molar-refractivity contribution is -0.138. The Morgan fingerprint density at radius 1 is 1.16 bits per heavy atom. The van der Waals surface area contributed by atoms with E-state index in [9.17, 15) is 9.90 Å². The molecular weight excluding hydrogens is 276 g/mol. The van der Waals surface area contributed by atoms with Gasteiger partial charge in [0, 0.05) is 9.79 Å². The Hall–Kier alpha value is -1.13. The minimum Gasteiger partial charge on any atom is -0.481 e. The summed E-state index contributed by atoms with van der Waals surface area (Å²) in [5.74, 6) is -1.26. The van der Waals surface area contributed by atoms with Gasteiger partial charge in [-0.25, -0.2) is 0 Å². The molecule has 1 N–H and O–H groups in total.